The zero-order valence-electron chi connectivity index (χ0n) is 77.9. The van der Waals surface area contributed by atoms with Crippen LogP contribution < -0.4 is 58.5 Å². The van der Waals surface area contributed by atoms with E-state index >= 15 is 0 Å². The standard InChI is InChI=1S/C85H135N12O41P/c1-45-67(110)68(111)57(37-98)135-80(45)130-25-21-126-17-13-88-75(118)50-29-49(30-51(32-50)76(119)89-14-18-127-22-26-131-81-64(93-46(2)103)72(115)69(112)58(38-99)136-81)31-55(106)36-92-61(107)8-7-56(96-62(108)9-10-63(109)97-41-84(5,43-102)85(6,42-97)44-134-139(123,124)125)79(122)87-12-11-86-54-34-52(77(120)90-15-19-128-23-27-132-82-65(94-47(3)104)73(116)70(113)59(39-100)137-82)33-53(35-54)78(121)91-16-20-129-24-28-133-83-66(95-48(4)105)74(117)71(114)60(40-101)138-83/h29-30,32-35,45,56-60,64-74,80-83,86,98-102,110-117H,7-28,31,36-44H2,1-6H3,(H,87,122)(H,88,118)(H,89,119)(H,90,120)(H,91,121)(H,92,107)(H,93,103)(H,94,104)(H,95,105)(H,96,108)(H2,123,124,125)/t45-,56+,57-,58-,59-,60-,64-,65-,66-,67-,68+,69+,70+,71+,72-,73-,74-,80?,81?,82?,83?,84+,85-/m1/s1. The Kier molecular flexibility index (Phi) is 48.9. The van der Waals surface area contributed by atoms with E-state index in [4.69, 9.17) is 61.4 Å². The number of hydrogen-bond donors (Lipinski definition) is 26. The molecule has 5 aliphatic heterocycles. The van der Waals surface area contributed by atoms with Gasteiger partial charge in [0.25, 0.3) is 23.6 Å². The second-order valence-electron chi connectivity index (χ2n) is 34.2. The molecule has 5 fully saturated rings. The Balaban J connectivity index is 1.01. The molecule has 7 rings (SSSR count). The van der Waals surface area contributed by atoms with Gasteiger partial charge in [0.1, 0.15) is 91.3 Å². The van der Waals surface area contributed by atoms with Crippen molar-refractivity contribution in [1.82, 2.24) is 58.1 Å². The number of ketones is 1. The Labute approximate surface area is 799 Å². The molecule has 0 bridgehead atoms. The summed E-state index contributed by atoms with van der Waals surface area (Å²) in [6.07, 6.45) is -24.3. The fraction of sp³-hybridized carbons (Fsp3) is 0.718. The maximum Gasteiger partial charge on any atom is 0.469 e. The summed E-state index contributed by atoms with van der Waals surface area (Å²) in [5.74, 6) is -9.18. The van der Waals surface area contributed by atoms with Gasteiger partial charge in [-0.3, -0.25) is 62.1 Å². The SMILES string of the molecule is CC(=O)N[C@H]1C(OCCOCCNC(=O)c2cc(CC(=O)CNC(=O)CC[C@H](NC(=O)CCC(=O)N3C[C@](C)(COP(=O)(O)O)[C@](C)(CO)C3)C(=O)NCCNc3cc(C(=O)NCCOCCOC4O[C@H](CO)[C@H](O)[C@H](O)[C@H]4NC(C)=O)cc(C(=O)NCCOCCOC4O[C@H](CO)[C@H](O)[C@H](O)[C@H]4NC(C)=O)c3)cc(C(=O)NCCOCCOC3O[C@H](CO)[C@H](O)[C@H](O)[C@H]3C)c2)O[C@H](CO)[C@H](O)[C@@H]1O. The Hall–Kier alpha value is -8.81. The molecule has 139 heavy (non-hydrogen) atoms. The van der Waals surface area contributed by atoms with E-state index in [1.165, 1.54) is 62.1 Å². The minimum atomic E-state index is -5.01. The molecule has 5 saturated heterocycles. The molecule has 0 saturated carbocycles. The summed E-state index contributed by atoms with van der Waals surface area (Å²) in [4.78, 5) is 181. The number of hydrogen-bond acceptors (Lipinski definition) is 40. The van der Waals surface area contributed by atoms with Crippen LogP contribution in [0.3, 0.4) is 0 Å². The number of benzene rings is 2. The normalized spacial score (nSPS) is 27.6. The van der Waals surface area contributed by atoms with Crippen molar-refractivity contribution in [2.24, 2.45) is 16.7 Å². The molecule has 54 heteroatoms. The number of carbonyl (C=O) groups excluding carboxylic acids is 12. The van der Waals surface area contributed by atoms with Crippen LogP contribution >= 0.6 is 7.82 Å². The van der Waals surface area contributed by atoms with E-state index < -0.39 is 296 Å². The molecule has 0 aromatic heterocycles. The summed E-state index contributed by atoms with van der Waals surface area (Å²) >= 11 is 0. The molecule has 11 amide bonds. The monoisotopic (exact) mass is 2010 g/mol. The van der Waals surface area contributed by atoms with Crippen molar-refractivity contribution in [1.29, 1.82) is 0 Å². The van der Waals surface area contributed by atoms with Crippen LogP contribution in [0.5, 0.6) is 0 Å². The third-order valence-electron chi connectivity index (χ3n) is 23.4. The molecular weight excluding hydrogens is 1880 g/mol. The first-order chi connectivity index (χ1) is 66.0. The van der Waals surface area contributed by atoms with Gasteiger partial charge < -0.3 is 196 Å². The number of Topliss-reactive ketones (excluding diaryl/α,β-unsaturated/α-hetero) is 1. The fourth-order valence-corrected chi connectivity index (χ4v) is 15.8. The van der Waals surface area contributed by atoms with Crippen molar-refractivity contribution in [3.63, 3.8) is 0 Å². The lowest BCUT2D eigenvalue weighted by Gasteiger charge is -2.42. The van der Waals surface area contributed by atoms with E-state index in [-0.39, 0.29) is 165 Å². The molecule has 5 aliphatic rings. The predicted octanol–water partition coefficient (Wildman–Crippen LogP) is -10.9. The molecule has 4 unspecified atom stereocenters. The van der Waals surface area contributed by atoms with Gasteiger partial charge >= 0.3 is 7.82 Å². The number of nitrogens with one attached hydrogen (secondary N) is 11. The van der Waals surface area contributed by atoms with Gasteiger partial charge in [-0.2, -0.15) is 0 Å². The van der Waals surface area contributed by atoms with Gasteiger partial charge in [-0.1, -0.05) is 20.8 Å². The van der Waals surface area contributed by atoms with Crippen molar-refractivity contribution < 1.29 is 200 Å². The number of nitrogens with zero attached hydrogens (tertiary/aromatic N) is 1. The first-order valence-electron chi connectivity index (χ1n) is 45.2. The Morgan fingerprint density at radius 1 is 0.439 bits per heavy atom. The van der Waals surface area contributed by atoms with Gasteiger partial charge in [0.15, 0.2) is 30.9 Å². The lowest BCUT2D eigenvalue weighted by atomic mass is 9.69. The topological polar surface area (TPSA) is 781 Å². The summed E-state index contributed by atoms with van der Waals surface area (Å²) in [5.41, 5.74) is -2.45. The largest absolute Gasteiger partial charge is 0.469 e. The van der Waals surface area contributed by atoms with Gasteiger partial charge in [0, 0.05) is 144 Å². The third kappa shape index (κ3) is 36.8. The van der Waals surface area contributed by atoms with Crippen LogP contribution in [-0.2, 0) is 111 Å². The second-order valence-corrected chi connectivity index (χ2v) is 35.4. The van der Waals surface area contributed by atoms with E-state index in [1.54, 1.807) is 20.8 Å². The lowest BCUT2D eigenvalue weighted by Crippen LogP contribution is -2.64. The number of amides is 11. The lowest BCUT2D eigenvalue weighted by molar-refractivity contribution is -0.284. The fourth-order valence-electron chi connectivity index (χ4n) is 15.4. The van der Waals surface area contributed by atoms with Crippen molar-refractivity contribution in [3.05, 3.63) is 64.2 Å². The van der Waals surface area contributed by atoms with Crippen LogP contribution in [0.2, 0.25) is 0 Å². The van der Waals surface area contributed by atoms with Crippen molar-refractivity contribution in [2.75, 3.05) is 183 Å². The molecule has 5 heterocycles. The van der Waals surface area contributed by atoms with E-state index in [9.17, 15) is 138 Å². The van der Waals surface area contributed by atoms with Crippen LogP contribution in [0.4, 0.5) is 5.69 Å². The summed E-state index contributed by atoms with van der Waals surface area (Å²) in [5, 5.41) is 161. The van der Waals surface area contributed by atoms with Gasteiger partial charge in [-0.25, -0.2) is 4.57 Å². The van der Waals surface area contributed by atoms with Crippen molar-refractivity contribution >= 4 is 84.3 Å². The highest BCUT2D eigenvalue weighted by Crippen LogP contribution is 2.49. The molecular formula is C85H135N12O41P. The van der Waals surface area contributed by atoms with E-state index in [1.807, 2.05) is 0 Å². The van der Waals surface area contributed by atoms with Crippen LogP contribution in [0, 0.1) is 16.7 Å². The first-order valence-corrected chi connectivity index (χ1v) is 46.7. The average molecular weight is 2010 g/mol. The highest BCUT2D eigenvalue weighted by molar-refractivity contribution is 7.46. The number of carbonyl (C=O) groups is 12. The minimum Gasteiger partial charge on any atom is -0.396 e. The number of aliphatic hydroxyl groups is 13. The molecule has 0 aliphatic carbocycles. The molecule has 26 N–H and O–H groups in total. The molecule has 0 spiro atoms. The quantitative estimate of drug-likeness (QED) is 0.0216. The Morgan fingerprint density at radius 2 is 0.813 bits per heavy atom. The number of phosphoric ester groups is 1. The first kappa shape index (κ1) is 117. The van der Waals surface area contributed by atoms with Crippen LogP contribution in [0.25, 0.3) is 0 Å². The van der Waals surface area contributed by atoms with Gasteiger partial charge in [0.2, 0.25) is 41.4 Å². The van der Waals surface area contributed by atoms with Crippen molar-refractivity contribution in [2.45, 2.75) is 196 Å². The summed E-state index contributed by atoms with van der Waals surface area (Å²) in [6, 6.07) is 2.64. The predicted molar refractivity (Wildman–Crippen MR) is 474 cm³/mol. The van der Waals surface area contributed by atoms with Crippen LogP contribution in [-0.4, -0.2) is 452 Å². The molecule has 0 radical (unpaired) electrons. The van der Waals surface area contributed by atoms with Crippen LogP contribution in [0.15, 0.2) is 36.4 Å². The summed E-state index contributed by atoms with van der Waals surface area (Å²) in [7, 11) is -5.01. The minimum absolute atomic E-state index is 0.0304. The second kappa shape index (κ2) is 58.1. The number of likely N-dealkylation sites (tertiary alicyclic amines) is 1. The van der Waals surface area contributed by atoms with Crippen molar-refractivity contribution in [3.8, 4) is 0 Å². The molecule has 2 aromatic carbocycles. The van der Waals surface area contributed by atoms with E-state index in [0.29, 0.717) is 0 Å². The molecule has 53 nitrogen and oxygen atoms in total. The summed E-state index contributed by atoms with van der Waals surface area (Å²) < 4.78 is 84.0. The summed E-state index contributed by atoms with van der Waals surface area (Å²) in [6.45, 7) is 1.15. The zero-order valence-corrected chi connectivity index (χ0v) is 78.8. The zero-order chi connectivity index (χ0) is 102. The molecule has 23 atom stereocenters. The number of ether oxygens (including phenoxy) is 12. The number of phosphoric acid groups is 1. The molecule has 786 valence electrons. The number of anilines is 1. The van der Waals surface area contributed by atoms with Gasteiger partial charge in [-0.05, 0) is 48.4 Å². The smallest absolute Gasteiger partial charge is 0.396 e. The third-order valence-corrected chi connectivity index (χ3v) is 23.9. The maximum atomic E-state index is 14.3. The van der Waals surface area contributed by atoms with E-state index in [2.05, 4.69) is 58.5 Å². The Bertz CT molecular complexity index is 4270. The van der Waals surface area contributed by atoms with Crippen LogP contribution in [0.1, 0.15) is 114 Å². The maximum absolute atomic E-state index is 14.3. The van der Waals surface area contributed by atoms with E-state index in [0.717, 1.165) is 0 Å². The average Bonchev–Trinajstić information content (AvgIpc) is 1.61. The van der Waals surface area contributed by atoms with Gasteiger partial charge in [0.05, 0.1) is 132 Å². The molecule has 2 aromatic rings. The highest BCUT2D eigenvalue weighted by Gasteiger charge is 2.55. The Morgan fingerprint density at radius 3 is 1.19 bits per heavy atom. The van der Waals surface area contributed by atoms with Gasteiger partial charge in [-0.15, -0.1) is 0 Å². The highest BCUT2D eigenvalue weighted by atomic mass is 31.2. The number of aliphatic hydroxyl groups excluding tert-OH is 13. The number of rotatable bonds is 59.